The number of alkyl halides is 6. The van der Waals surface area contributed by atoms with Gasteiger partial charge >= 0.3 is 12.5 Å². The molecule has 98 valence electrons. The molecule has 0 fully saturated rings. The highest BCUT2D eigenvalue weighted by Gasteiger charge is 2.38. The van der Waals surface area contributed by atoms with Crippen LogP contribution in [0.1, 0.15) is 11.3 Å². The van der Waals surface area contributed by atoms with Crippen LogP contribution in [-0.4, -0.2) is 11.3 Å². The van der Waals surface area contributed by atoms with Crippen LogP contribution in [-0.2, 0) is 6.18 Å². The van der Waals surface area contributed by atoms with Crippen LogP contribution in [0.4, 0.5) is 30.7 Å². The standard InChI is InChI=1S/C8HF7N2O/c9-6-3(2-16)4(18-8(13,14)15)1-5(17-6)7(10,11)12/h1H. The van der Waals surface area contributed by atoms with Crippen LogP contribution in [0.15, 0.2) is 6.07 Å². The number of hydrogen-bond acceptors (Lipinski definition) is 3. The van der Waals surface area contributed by atoms with E-state index in [4.69, 9.17) is 5.26 Å². The van der Waals surface area contributed by atoms with E-state index >= 15 is 0 Å². The molecule has 0 aliphatic carbocycles. The van der Waals surface area contributed by atoms with E-state index in [1.165, 1.54) is 0 Å². The molecule has 3 nitrogen and oxygen atoms in total. The molecule has 0 amide bonds. The predicted molar refractivity (Wildman–Crippen MR) is 40.6 cm³/mol. The summed E-state index contributed by atoms with van der Waals surface area (Å²) in [5, 5.41) is 8.33. The lowest BCUT2D eigenvalue weighted by Crippen LogP contribution is -2.20. The van der Waals surface area contributed by atoms with E-state index in [0.717, 1.165) is 6.07 Å². The van der Waals surface area contributed by atoms with Crippen LogP contribution in [0.25, 0.3) is 0 Å². The molecule has 0 radical (unpaired) electrons. The van der Waals surface area contributed by atoms with Crippen LogP contribution in [0.3, 0.4) is 0 Å². The number of nitriles is 1. The molecule has 1 heterocycles. The number of nitrogens with zero attached hydrogens (tertiary/aromatic N) is 2. The van der Waals surface area contributed by atoms with Gasteiger partial charge in [-0.1, -0.05) is 0 Å². The lowest BCUT2D eigenvalue weighted by molar-refractivity contribution is -0.275. The Morgan fingerprint density at radius 1 is 1.17 bits per heavy atom. The molecule has 0 saturated heterocycles. The van der Waals surface area contributed by atoms with Gasteiger partial charge in [0, 0.05) is 6.07 Å². The highest BCUT2D eigenvalue weighted by Crippen LogP contribution is 2.34. The van der Waals surface area contributed by atoms with Gasteiger partial charge in [-0.2, -0.15) is 22.8 Å². The van der Waals surface area contributed by atoms with Crippen molar-refractivity contribution in [3.63, 3.8) is 0 Å². The van der Waals surface area contributed by atoms with Gasteiger partial charge in [0.1, 0.15) is 11.6 Å². The number of halogens is 7. The summed E-state index contributed by atoms with van der Waals surface area (Å²) >= 11 is 0. The van der Waals surface area contributed by atoms with E-state index in [-0.39, 0.29) is 6.07 Å². The highest BCUT2D eigenvalue weighted by atomic mass is 19.4. The minimum absolute atomic E-state index is 0.199. The molecule has 0 unspecified atom stereocenters. The molecule has 1 aromatic rings. The van der Waals surface area contributed by atoms with Gasteiger partial charge < -0.3 is 4.74 Å². The van der Waals surface area contributed by atoms with Crippen molar-refractivity contribution in [1.29, 1.82) is 5.26 Å². The van der Waals surface area contributed by atoms with Crippen molar-refractivity contribution >= 4 is 0 Å². The molecule has 18 heavy (non-hydrogen) atoms. The fourth-order valence-electron chi connectivity index (χ4n) is 0.944. The van der Waals surface area contributed by atoms with Gasteiger partial charge in [0.2, 0.25) is 5.95 Å². The summed E-state index contributed by atoms with van der Waals surface area (Å²) in [5.41, 5.74) is -3.29. The molecular formula is C8HF7N2O. The van der Waals surface area contributed by atoms with Gasteiger partial charge in [-0.3, -0.25) is 0 Å². The first-order valence-corrected chi connectivity index (χ1v) is 3.98. The SMILES string of the molecule is N#Cc1c(OC(F)(F)F)cc(C(F)(F)F)nc1F. The van der Waals surface area contributed by atoms with Crippen LogP contribution in [0, 0.1) is 17.3 Å². The van der Waals surface area contributed by atoms with E-state index in [9.17, 15) is 30.7 Å². The number of rotatable bonds is 1. The fourth-order valence-corrected chi connectivity index (χ4v) is 0.944. The molecule has 0 N–H and O–H groups in total. The van der Waals surface area contributed by atoms with Crippen LogP contribution in [0.2, 0.25) is 0 Å². The van der Waals surface area contributed by atoms with Crippen LogP contribution >= 0.6 is 0 Å². The van der Waals surface area contributed by atoms with Crippen molar-refractivity contribution in [3.05, 3.63) is 23.3 Å². The van der Waals surface area contributed by atoms with Crippen molar-refractivity contribution < 1.29 is 35.5 Å². The molecular weight excluding hydrogens is 273 g/mol. The largest absolute Gasteiger partial charge is 0.573 e. The molecule has 0 aliphatic rings. The van der Waals surface area contributed by atoms with Crippen molar-refractivity contribution in [1.82, 2.24) is 4.98 Å². The molecule has 10 heteroatoms. The van der Waals surface area contributed by atoms with Gasteiger partial charge in [-0.15, -0.1) is 13.2 Å². The fraction of sp³-hybridized carbons (Fsp3) is 0.250. The molecule has 0 aromatic carbocycles. The minimum atomic E-state index is -5.36. The van der Waals surface area contributed by atoms with Crippen molar-refractivity contribution in [2.45, 2.75) is 12.5 Å². The maximum absolute atomic E-state index is 12.9. The smallest absolute Gasteiger partial charge is 0.404 e. The molecule has 0 bridgehead atoms. The van der Waals surface area contributed by atoms with Gasteiger partial charge in [-0.05, 0) is 0 Å². The molecule has 0 saturated carbocycles. The Morgan fingerprint density at radius 3 is 2.11 bits per heavy atom. The molecule has 0 aliphatic heterocycles. The summed E-state index contributed by atoms with van der Waals surface area (Å²) in [5.74, 6) is -3.59. The van der Waals surface area contributed by atoms with E-state index in [2.05, 4.69) is 9.72 Å². The summed E-state index contributed by atoms with van der Waals surface area (Å²) in [4.78, 5) is 2.34. The first-order valence-electron chi connectivity index (χ1n) is 3.98. The zero-order valence-corrected chi connectivity index (χ0v) is 8.03. The second-order valence-electron chi connectivity index (χ2n) is 2.83. The summed E-state index contributed by atoms with van der Waals surface area (Å²) in [6, 6.07) is 0.736. The summed E-state index contributed by atoms with van der Waals surface area (Å²) in [6.45, 7) is 0. The van der Waals surface area contributed by atoms with Crippen LogP contribution < -0.4 is 4.74 Å². The monoisotopic (exact) mass is 274 g/mol. The normalized spacial score (nSPS) is 12.1. The van der Waals surface area contributed by atoms with Gasteiger partial charge in [0.15, 0.2) is 11.4 Å². The van der Waals surface area contributed by atoms with E-state index < -0.39 is 35.5 Å². The molecule has 1 aromatic heterocycles. The third-order valence-corrected chi connectivity index (χ3v) is 1.57. The minimum Gasteiger partial charge on any atom is -0.404 e. The van der Waals surface area contributed by atoms with Gasteiger partial charge in [0.25, 0.3) is 0 Å². The van der Waals surface area contributed by atoms with Crippen LogP contribution in [0.5, 0.6) is 5.75 Å². The summed E-state index contributed by atoms with van der Waals surface area (Å²) in [7, 11) is 0. The lowest BCUT2D eigenvalue weighted by Gasteiger charge is -2.12. The Balaban J connectivity index is 3.39. The lowest BCUT2D eigenvalue weighted by atomic mass is 10.2. The van der Waals surface area contributed by atoms with Crippen molar-refractivity contribution in [3.8, 4) is 11.8 Å². The molecule has 0 spiro atoms. The quantitative estimate of drug-likeness (QED) is 0.584. The maximum Gasteiger partial charge on any atom is 0.573 e. The maximum atomic E-state index is 12.9. The zero-order valence-electron chi connectivity index (χ0n) is 8.03. The Kier molecular flexibility index (Phi) is 3.36. The number of ether oxygens (including phenoxy) is 1. The van der Waals surface area contributed by atoms with Gasteiger partial charge in [-0.25, -0.2) is 4.98 Å². The Hall–Kier alpha value is -2.05. The average Bonchev–Trinajstić information content (AvgIpc) is 2.13. The van der Waals surface area contributed by atoms with Crippen molar-refractivity contribution in [2.75, 3.05) is 0 Å². The van der Waals surface area contributed by atoms with E-state index in [1.807, 2.05) is 0 Å². The van der Waals surface area contributed by atoms with E-state index in [1.54, 1.807) is 0 Å². The number of pyridine rings is 1. The summed E-state index contributed by atoms with van der Waals surface area (Å²) < 4.78 is 88.2. The van der Waals surface area contributed by atoms with Crippen molar-refractivity contribution in [2.24, 2.45) is 0 Å². The third kappa shape index (κ3) is 3.22. The number of hydrogen-bond donors (Lipinski definition) is 0. The molecule has 1 rings (SSSR count). The topological polar surface area (TPSA) is 45.9 Å². The van der Waals surface area contributed by atoms with Gasteiger partial charge in [0.05, 0.1) is 0 Å². The first kappa shape index (κ1) is 14.0. The highest BCUT2D eigenvalue weighted by molar-refractivity contribution is 5.43. The second-order valence-corrected chi connectivity index (χ2v) is 2.83. The van der Waals surface area contributed by atoms with E-state index in [0.29, 0.717) is 0 Å². The second kappa shape index (κ2) is 4.32. The zero-order chi connectivity index (χ0) is 14.1. The third-order valence-electron chi connectivity index (χ3n) is 1.57. The molecule has 0 atom stereocenters. The Bertz CT molecular complexity index is 500. The Labute approximate surface area is 94.4 Å². The Morgan fingerprint density at radius 2 is 1.72 bits per heavy atom. The average molecular weight is 274 g/mol. The summed E-state index contributed by atoms with van der Waals surface area (Å²) in [6.07, 6.45) is -10.5. The number of aromatic nitrogens is 1. The first-order chi connectivity index (χ1) is 8.04. The predicted octanol–water partition coefficient (Wildman–Crippen LogP) is 3.01.